The normalized spacial score (nSPS) is 16.7. The van der Waals surface area contributed by atoms with E-state index in [1.807, 2.05) is 49.4 Å². The number of nitrogens with one attached hydrogen (secondary N) is 1. The molecule has 1 saturated heterocycles. The number of nitrogens with two attached hydrogens (primary N) is 1. The van der Waals surface area contributed by atoms with Crippen molar-refractivity contribution in [3.05, 3.63) is 66.0 Å². The predicted molar refractivity (Wildman–Crippen MR) is 114 cm³/mol. The lowest BCUT2D eigenvalue weighted by Gasteiger charge is -2.24. The van der Waals surface area contributed by atoms with Gasteiger partial charge in [0.05, 0.1) is 13.2 Å². The average molecular weight is 390 g/mol. The molecule has 150 valence electrons. The van der Waals surface area contributed by atoms with Crippen LogP contribution < -0.4 is 15.8 Å². The molecule has 0 saturated carbocycles. The first-order valence-electron chi connectivity index (χ1n) is 10.0. The molecule has 7 nitrogen and oxygen atoms in total. The van der Waals surface area contributed by atoms with Crippen molar-refractivity contribution in [2.45, 2.75) is 32.4 Å². The standard InChI is InChI=1S/C22H26N6O/c1-2-29-18-12-10-16(11-13-18)19-9-6-14-28(19)15-20-25-21(23)27-22(26-20)24-17-7-4-3-5-8-17/h3-5,7-8,10-13,19H,2,6,9,14-15H2,1H3,(H3,23,24,25,26,27)/t19-/m0/s1. The number of ether oxygens (including phenoxy) is 1. The van der Waals surface area contributed by atoms with Gasteiger partial charge in [0.25, 0.3) is 0 Å². The minimum atomic E-state index is 0.227. The monoisotopic (exact) mass is 390 g/mol. The van der Waals surface area contributed by atoms with Gasteiger partial charge in [0.15, 0.2) is 0 Å². The number of nitrogens with zero attached hydrogens (tertiary/aromatic N) is 4. The highest BCUT2D eigenvalue weighted by Gasteiger charge is 2.27. The Kier molecular flexibility index (Phi) is 5.86. The summed E-state index contributed by atoms with van der Waals surface area (Å²) in [6.45, 7) is 4.31. The molecular weight excluding hydrogens is 364 g/mol. The van der Waals surface area contributed by atoms with Crippen LogP contribution in [-0.4, -0.2) is 33.0 Å². The molecule has 0 bridgehead atoms. The van der Waals surface area contributed by atoms with Crippen molar-refractivity contribution in [1.29, 1.82) is 0 Å². The van der Waals surface area contributed by atoms with Gasteiger partial charge >= 0.3 is 0 Å². The third kappa shape index (κ3) is 4.81. The first-order valence-corrected chi connectivity index (χ1v) is 10.0. The fourth-order valence-electron chi connectivity index (χ4n) is 3.74. The first-order chi connectivity index (χ1) is 14.2. The maximum Gasteiger partial charge on any atom is 0.232 e. The Hall–Kier alpha value is -3.19. The molecule has 1 aliphatic rings. The Balaban J connectivity index is 1.49. The van der Waals surface area contributed by atoms with Crippen LogP contribution in [0, 0.1) is 0 Å². The highest BCUT2D eigenvalue weighted by molar-refractivity contribution is 5.53. The molecular formula is C22H26N6O. The van der Waals surface area contributed by atoms with Crippen LogP contribution >= 0.6 is 0 Å². The summed E-state index contributed by atoms with van der Waals surface area (Å²) in [7, 11) is 0. The summed E-state index contributed by atoms with van der Waals surface area (Å²) in [4.78, 5) is 15.6. The number of hydrogen-bond donors (Lipinski definition) is 2. The Morgan fingerprint density at radius 1 is 1.07 bits per heavy atom. The number of aromatic nitrogens is 3. The van der Waals surface area contributed by atoms with Crippen molar-refractivity contribution in [3.63, 3.8) is 0 Å². The summed E-state index contributed by atoms with van der Waals surface area (Å²) in [5.74, 6) is 2.28. The van der Waals surface area contributed by atoms with E-state index in [0.717, 1.165) is 30.8 Å². The number of hydrogen-bond acceptors (Lipinski definition) is 7. The summed E-state index contributed by atoms with van der Waals surface area (Å²) in [5, 5.41) is 3.20. The number of para-hydroxylation sites is 1. The molecule has 0 amide bonds. The Bertz CT molecular complexity index is 932. The van der Waals surface area contributed by atoms with E-state index in [2.05, 4.69) is 37.3 Å². The van der Waals surface area contributed by atoms with Crippen LogP contribution in [0.1, 0.15) is 37.2 Å². The van der Waals surface area contributed by atoms with Crippen LogP contribution in [0.15, 0.2) is 54.6 Å². The molecule has 3 aromatic rings. The lowest BCUT2D eigenvalue weighted by Crippen LogP contribution is -2.24. The summed E-state index contributed by atoms with van der Waals surface area (Å²) < 4.78 is 5.56. The molecule has 0 spiro atoms. The van der Waals surface area contributed by atoms with E-state index < -0.39 is 0 Å². The Morgan fingerprint density at radius 2 is 1.86 bits per heavy atom. The van der Waals surface area contributed by atoms with Crippen LogP contribution in [-0.2, 0) is 6.54 Å². The Labute approximate surface area is 171 Å². The van der Waals surface area contributed by atoms with E-state index in [-0.39, 0.29) is 5.95 Å². The number of benzene rings is 2. The minimum absolute atomic E-state index is 0.227. The van der Waals surface area contributed by atoms with Crippen molar-refractivity contribution in [1.82, 2.24) is 19.9 Å². The number of likely N-dealkylation sites (tertiary alicyclic amines) is 1. The van der Waals surface area contributed by atoms with Crippen molar-refractivity contribution in [3.8, 4) is 5.75 Å². The van der Waals surface area contributed by atoms with Gasteiger partial charge in [-0.25, -0.2) is 0 Å². The zero-order valence-corrected chi connectivity index (χ0v) is 16.6. The molecule has 29 heavy (non-hydrogen) atoms. The van der Waals surface area contributed by atoms with E-state index in [4.69, 9.17) is 10.5 Å². The van der Waals surface area contributed by atoms with Gasteiger partial charge in [-0.15, -0.1) is 0 Å². The van der Waals surface area contributed by atoms with Crippen molar-refractivity contribution >= 4 is 17.6 Å². The number of anilines is 3. The maximum atomic E-state index is 5.94. The van der Waals surface area contributed by atoms with Gasteiger partial charge in [-0.05, 0) is 56.1 Å². The van der Waals surface area contributed by atoms with Crippen LogP contribution in [0.2, 0.25) is 0 Å². The van der Waals surface area contributed by atoms with Crippen molar-refractivity contribution in [2.75, 3.05) is 24.2 Å². The highest BCUT2D eigenvalue weighted by atomic mass is 16.5. The van der Waals surface area contributed by atoms with Crippen LogP contribution in [0.5, 0.6) is 5.75 Å². The molecule has 7 heteroatoms. The van der Waals surface area contributed by atoms with Crippen LogP contribution in [0.3, 0.4) is 0 Å². The smallest absolute Gasteiger partial charge is 0.232 e. The van der Waals surface area contributed by atoms with E-state index in [0.29, 0.717) is 31.0 Å². The van der Waals surface area contributed by atoms with Crippen LogP contribution in [0.4, 0.5) is 17.6 Å². The van der Waals surface area contributed by atoms with E-state index >= 15 is 0 Å². The molecule has 2 heterocycles. The predicted octanol–water partition coefficient (Wildman–Crippen LogP) is 3.93. The van der Waals surface area contributed by atoms with Crippen LogP contribution in [0.25, 0.3) is 0 Å². The molecule has 1 aliphatic heterocycles. The number of rotatable bonds is 7. The molecule has 0 radical (unpaired) electrons. The van der Waals surface area contributed by atoms with E-state index in [1.165, 1.54) is 5.56 Å². The van der Waals surface area contributed by atoms with Crippen molar-refractivity contribution in [2.24, 2.45) is 0 Å². The van der Waals surface area contributed by atoms with Crippen molar-refractivity contribution < 1.29 is 4.74 Å². The quantitative estimate of drug-likeness (QED) is 0.632. The maximum absolute atomic E-state index is 5.94. The SMILES string of the molecule is CCOc1ccc([C@@H]2CCCN2Cc2nc(N)nc(Nc3ccccc3)n2)cc1. The lowest BCUT2D eigenvalue weighted by atomic mass is 10.0. The second-order valence-corrected chi connectivity index (χ2v) is 7.06. The fraction of sp³-hybridized carbons (Fsp3) is 0.318. The van der Waals surface area contributed by atoms with Gasteiger partial charge < -0.3 is 15.8 Å². The second kappa shape index (κ2) is 8.87. The highest BCUT2D eigenvalue weighted by Crippen LogP contribution is 2.33. The molecule has 0 aliphatic carbocycles. The molecule has 0 unspecified atom stereocenters. The van der Waals surface area contributed by atoms with Gasteiger partial charge in [0.2, 0.25) is 11.9 Å². The third-order valence-electron chi connectivity index (χ3n) is 5.01. The first kappa shape index (κ1) is 19.1. The summed E-state index contributed by atoms with van der Waals surface area (Å²) >= 11 is 0. The third-order valence-corrected chi connectivity index (χ3v) is 5.01. The summed E-state index contributed by atoms with van der Waals surface area (Å²) in [6, 6.07) is 18.5. The summed E-state index contributed by atoms with van der Waals surface area (Å²) in [6.07, 6.45) is 2.26. The largest absolute Gasteiger partial charge is 0.494 e. The van der Waals surface area contributed by atoms with E-state index in [1.54, 1.807) is 0 Å². The topological polar surface area (TPSA) is 89.2 Å². The van der Waals surface area contributed by atoms with Gasteiger partial charge in [-0.1, -0.05) is 30.3 Å². The lowest BCUT2D eigenvalue weighted by molar-refractivity contribution is 0.242. The fourth-order valence-corrected chi connectivity index (χ4v) is 3.74. The molecule has 2 aromatic carbocycles. The second-order valence-electron chi connectivity index (χ2n) is 7.06. The average Bonchev–Trinajstić information content (AvgIpc) is 3.17. The molecule has 4 rings (SSSR count). The van der Waals surface area contributed by atoms with Gasteiger partial charge in [-0.3, -0.25) is 4.90 Å². The zero-order chi connectivity index (χ0) is 20.1. The minimum Gasteiger partial charge on any atom is -0.494 e. The van der Waals surface area contributed by atoms with E-state index in [9.17, 15) is 0 Å². The Morgan fingerprint density at radius 3 is 2.62 bits per heavy atom. The summed E-state index contributed by atoms with van der Waals surface area (Å²) in [5.41, 5.74) is 8.15. The number of nitrogen functional groups attached to an aromatic ring is 1. The van der Waals surface area contributed by atoms with Gasteiger partial charge in [0, 0.05) is 11.7 Å². The molecule has 3 N–H and O–H groups in total. The van der Waals surface area contributed by atoms with Gasteiger partial charge in [-0.2, -0.15) is 15.0 Å². The zero-order valence-electron chi connectivity index (χ0n) is 16.6. The molecule has 1 atom stereocenters. The molecule has 1 aromatic heterocycles. The molecule has 1 fully saturated rings. The van der Waals surface area contributed by atoms with Gasteiger partial charge in [0.1, 0.15) is 11.6 Å².